The molecule has 0 bridgehead atoms. The van der Waals surface area contributed by atoms with Gasteiger partial charge in [0.15, 0.2) is 5.76 Å². The van der Waals surface area contributed by atoms with Crippen LogP contribution in [0.4, 0.5) is 0 Å². The van der Waals surface area contributed by atoms with Gasteiger partial charge in [-0.25, -0.2) is 0 Å². The maximum Gasteiger partial charge on any atom is 0.155 e. The summed E-state index contributed by atoms with van der Waals surface area (Å²) in [7, 11) is 0. The molecule has 2 heterocycles. The summed E-state index contributed by atoms with van der Waals surface area (Å²) in [6.07, 6.45) is 18.9. The first-order valence-electron chi connectivity index (χ1n) is 9.70. The van der Waals surface area contributed by atoms with Gasteiger partial charge in [0, 0.05) is 17.1 Å². The zero-order chi connectivity index (χ0) is 18.3. The van der Waals surface area contributed by atoms with Crippen LogP contribution in [0, 0.1) is 0 Å². The van der Waals surface area contributed by atoms with Crippen LogP contribution in [0.15, 0.2) is 78.8 Å². The molecule has 1 aromatic heterocycles. The minimum absolute atomic E-state index is 0.135. The van der Waals surface area contributed by atoms with Crippen molar-refractivity contribution in [2.75, 3.05) is 6.54 Å². The van der Waals surface area contributed by atoms with Crippen LogP contribution in [0.3, 0.4) is 0 Å². The molecule has 0 radical (unpaired) electrons. The van der Waals surface area contributed by atoms with Crippen molar-refractivity contribution in [1.82, 2.24) is 10.3 Å². The monoisotopic (exact) mass is 362 g/mol. The van der Waals surface area contributed by atoms with E-state index >= 15 is 0 Å². The number of aryl methyl sites for hydroxylation is 1. The van der Waals surface area contributed by atoms with Gasteiger partial charge in [-0.3, -0.25) is 0 Å². The quantitative estimate of drug-likeness (QED) is 0.644. The molecule has 1 aliphatic heterocycles. The van der Waals surface area contributed by atoms with E-state index in [-0.39, 0.29) is 6.04 Å². The highest BCUT2D eigenvalue weighted by molar-refractivity contribution is 5.82. The van der Waals surface area contributed by atoms with Crippen molar-refractivity contribution in [2.24, 2.45) is 0 Å². The first-order chi connectivity index (χ1) is 13.4. The van der Waals surface area contributed by atoms with Crippen LogP contribution in [0.25, 0.3) is 10.9 Å². The topological polar surface area (TPSA) is 46.3 Å². The summed E-state index contributed by atoms with van der Waals surface area (Å²) < 4.78 is 11.0. The summed E-state index contributed by atoms with van der Waals surface area (Å²) in [4.78, 5) is 3.36. The van der Waals surface area contributed by atoms with Gasteiger partial charge in [-0.2, -0.15) is 0 Å². The lowest BCUT2D eigenvalue weighted by molar-refractivity contribution is 0.225. The molecule has 4 nitrogen and oxygen atoms in total. The number of aromatic amines is 1. The fourth-order valence-corrected chi connectivity index (χ4v) is 3.69. The van der Waals surface area contributed by atoms with Gasteiger partial charge in [0.2, 0.25) is 0 Å². The summed E-state index contributed by atoms with van der Waals surface area (Å²) in [6.45, 7) is 0.928. The molecule has 27 heavy (non-hydrogen) atoms. The Labute approximate surface area is 160 Å². The number of fused-ring (bicyclic) bond motifs is 1. The van der Waals surface area contributed by atoms with Gasteiger partial charge >= 0.3 is 0 Å². The van der Waals surface area contributed by atoms with Gasteiger partial charge in [-0.1, -0.05) is 42.0 Å². The van der Waals surface area contributed by atoms with Crippen molar-refractivity contribution in [1.29, 1.82) is 0 Å². The fourth-order valence-electron chi connectivity index (χ4n) is 3.69. The predicted molar refractivity (Wildman–Crippen MR) is 109 cm³/mol. The Kier molecular flexibility index (Phi) is 5.75. The summed E-state index contributed by atoms with van der Waals surface area (Å²) in [5, 5.41) is 4.99. The van der Waals surface area contributed by atoms with Crippen molar-refractivity contribution in [2.45, 2.75) is 38.1 Å². The van der Waals surface area contributed by atoms with Crippen molar-refractivity contribution in [3.63, 3.8) is 0 Å². The minimum Gasteiger partial charge on any atom is -0.466 e. The average Bonchev–Trinajstić information content (AvgIpc) is 3.15. The highest BCUT2D eigenvalue weighted by Gasteiger charge is 2.19. The van der Waals surface area contributed by atoms with E-state index in [1.54, 1.807) is 18.8 Å². The van der Waals surface area contributed by atoms with E-state index < -0.39 is 0 Å². The third kappa shape index (κ3) is 4.52. The molecular weight excluding hydrogens is 336 g/mol. The van der Waals surface area contributed by atoms with Crippen molar-refractivity contribution >= 4 is 10.9 Å². The number of allylic oxidation sites excluding steroid dienone is 3. The van der Waals surface area contributed by atoms with Crippen LogP contribution in [0.5, 0.6) is 0 Å². The lowest BCUT2D eigenvalue weighted by Gasteiger charge is -2.23. The van der Waals surface area contributed by atoms with E-state index in [0.29, 0.717) is 0 Å². The summed E-state index contributed by atoms with van der Waals surface area (Å²) in [5.74, 6) is 0.847. The van der Waals surface area contributed by atoms with Crippen molar-refractivity contribution in [3.05, 3.63) is 84.4 Å². The molecule has 4 rings (SSSR count). The molecule has 2 N–H and O–H groups in total. The summed E-state index contributed by atoms with van der Waals surface area (Å²) in [5.41, 5.74) is 4.04. The van der Waals surface area contributed by atoms with Crippen LogP contribution in [-0.4, -0.2) is 17.6 Å². The maximum atomic E-state index is 5.69. The second kappa shape index (κ2) is 8.78. The number of para-hydroxylation sites is 1. The van der Waals surface area contributed by atoms with Gasteiger partial charge in [0.1, 0.15) is 18.8 Å². The molecule has 0 saturated heterocycles. The fraction of sp³-hybridized carbons (Fsp3) is 0.304. The first kappa shape index (κ1) is 17.7. The number of H-pyrrole nitrogens is 1. The highest BCUT2D eigenvalue weighted by atomic mass is 16.5. The van der Waals surface area contributed by atoms with Crippen LogP contribution < -0.4 is 5.32 Å². The lowest BCUT2D eigenvalue weighted by Crippen LogP contribution is -2.33. The Morgan fingerprint density at radius 2 is 2.15 bits per heavy atom. The van der Waals surface area contributed by atoms with E-state index in [2.05, 4.69) is 59.0 Å². The van der Waals surface area contributed by atoms with Gasteiger partial charge < -0.3 is 19.8 Å². The van der Waals surface area contributed by atoms with Gasteiger partial charge in [0.25, 0.3) is 0 Å². The molecule has 2 aromatic rings. The van der Waals surface area contributed by atoms with Crippen LogP contribution in [-0.2, 0) is 15.9 Å². The molecule has 1 aliphatic carbocycles. The van der Waals surface area contributed by atoms with Gasteiger partial charge in [0.05, 0.1) is 6.04 Å². The van der Waals surface area contributed by atoms with E-state index in [4.69, 9.17) is 9.47 Å². The molecule has 4 heteroatoms. The average molecular weight is 362 g/mol. The molecule has 1 unspecified atom stereocenters. The number of hydrogen-bond donors (Lipinski definition) is 2. The Bertz CT molecular complexity index is 889. The molecule has 0 fully saturated rings. The number of hydrogen-bond acceptors (Lipinski definition) is 3. The minimum atomic E-state index is 0.135. The van der Waals surface area contributed by atoms with Crippen molar-refractivity contribution in [3.8, 4) is 0 Å². The number of benzene rings is 1. The molecule has 2 aliphatic rings. The smallest absolute Gasteiger partial charge is 0.155 e. The Balaban J connectivity index is 1.34. The van der Waals surface area contributed by atoms with Crippen molar-refractivity contribution < 1.29 is 9.47 Å². The van der Waals surface area contributed by atoms with E-state index in [9.17, 15) is 0 Å². The molecule has 0 amide bonds. The molecular formula is C23H26N2O2. The first-order valence-corrected chi connectivity index (χ1v) is 9.70. The maximum absolute atomic E-state index is 5.69. The number of nitrogens with one attached hydrogen (secondary N) is 2. The van der Waals surface area contributed by atoms with Crippen LogP contribution in [0.2, 0.25) is 0 Å². The standard InChI is InChI=1S/C23H26N2O2/c1-2-7-18(8-3-1)15-22(23-17-26-13-14-27-23)24-12-6-9-19-16-25-21-11-5-4-10-20(19)21/h1-2,4-5,7,10-11,13-14,16-17,22,24-25H,3,6,8-9,12,15H2. The highest BCUT2D eigenvalue weighted by Crippen LogP contribution is 2.23. The number of aromatic nitrogens is 1. The Morgan fingerprint density at radius 3 is 3.00 bits per heavy atom. The largest absolute Gasteiger partial charge is 0.466 e. The predicted octanol–water partition coefficient (Wildman–Crippen LogP) is 5.08. The molecule has 1 aromatic carbocycles. The van der Waals surface area contributed by atoms with E-state index in [1.165, 1.54) is 22.0 Å². The number of ether oxygens (including phenoxy) is 2. The zero-order valence-electron chi connectivity index (χ0n) is 15.5. The third-order valence-corrected chi connectivity index (χ3v) is 5.12. The van der Waals surface area contributed by atoms with Gasteiger partial charge in [-0.15, -0.1) is 0 Å². The van der Waals surface area contributed by atoms with E-state index in [1.807, 2.05) is 0 Å². The molecule has 0 saturated carbocycles. The number of rotatable bonds is 8. The Morgan fingerprint density at radius 1 is 1.19 bits per heavy atom. The van der Waals surface area contributed by atoms with Gasteiger partial charge in [-0.05, 0) is 50.3 Å². The summed E-state index contributed by atoms with van der Waals surface area (Å²) in [6, 6.07) is 8.61. The van der Waals surface area contributed by atoms with Crippen LogP contribution in [0.1, 0.15) is 31.2 Å². The lowest BCUT2D eigenvalue weighted by atomic mass is 9.97. The van der Waals surface area contributed by atoms with Crippen LogP contribution >= 0.6 is 0 Å². The third-order valence-electron chi connectivity index (χ3n) is 5.12. The molecule has 1 atom stereocenters. The second-order valence-electron chi connectivity index (χ2n) is 7.01. The second-order valence-corrected chi connectivity index (χ2v) is 7.01. The normalized spacial score (nSPS) is 17.2. The molecule has 140 valence electrons. The zero-order valence-corrected chi connectivity index (χ0v) is 15.5. The summed E-state index contributed by atoms with van der Waals surface area (Å²) >= 11 is 0. The SMILES string of the molecule is C1=CCCC(CC(NCCCc2c[nH]c3ccccc23)C2=COC=CO2)=C1. The Hall–Kier alpha value is -2.72. The molecule has 0 spiro atoms. The van der Waals surface area contributed by atoms with E-state index in [0.717, 1.165) is 44.4 Å².